The SMILES string of the molecule is O=Cc1ccc(I)c(O)c1-c1c(C=O)ccc(I)c1O. The second-order valence-corrected chi connectivity index (χ2v) is 6.28. The van der Waals surface area contributed by atoms with E-state index in [1.165, 1.54) is 12.1 Å². The number of hydrogen-bond acceptors (Lipinski definition) is 4. The largest absolute Gasteiger partial charge is 0.506 e. The summed E-state index contributed by atoms with van der Waals surface area (Å²) in [7, 11) is 0. The lowest BCUT2D eigenvalue weighted by Crippen LogP contribution is -1.96. The zero-order valence-corrected chi connectivity index (χ0v) is 14.2. The first-order valence-electron chi connectivity index (χ1n) is 5.45. The molecule has 2 rings (SSSR count). The summed E-state index contributed by atoms with van der Waals surface area (Å²) in [6.45, 7) is 0. The van der Waals surface area contributed by atoms with Crippen LogP contribution in [0.3, 0.4) is 0 Å². The van der Waals surface area contributed by atoms with E-state index in [-0.39, 0.29) is 33.8 Å². The number of aromatic hydroxyl groups is 2. The molecular formula is C14H8I2O4. The molecule has 2 N–H and O–H groups in total. The maximum atomic E-state index is 11.2. The van der Waals surface area contributed by atoms with E-state index in [2.05, 4.69) is 0 Å². The van der Waals surface area contributed by atoms with E-state index < -0.39 is 0 Å². The van der Waals surface area contributed by atoms with Crippen molar-refractivity contribution in [1.82, 2.24) is 0 Å². The molecule has 4 nitrogen and oxygen atoms in total. The Morgan fingerprint density at radius 1 is 0.750 bits per heavy atom. The average molecular weight is 494 g/mol. The maximum Gasteiger partial charge on any atom is 0.150 e. The van der Waals surface area contributed by atoms with Crippen molar-refractivity contribution in [2.75, 3.05) is 0 Å². The van der Waals surface area contributed by atoms with Crippen LogP contribution in [-0.2, 0) is 0 Å². The molecule has 0 saturated heterocycles. The van der Waals surface area contributed by atoms with Gasteiger partial charge in [-0.1, -0.05) is 0 Å². The molecular weight excluding hydrogens is 486 g/mol. The Kier molecular flexibility index (Phi) is 4.63. The van der Waals surface area contributed by atoms with Crippen molar-refractivity contribution < 1.29 is 19.8 Å². The van der Waals surface area contributed by atoms with Crippen molar-refractivity contribution in [3.05, 3.63) is 42.5 Å². The number of aldehydes is 2. The highest BCUT2D eigenvalue weighted by Gasteiger charge is 2.21. The van der Waals surface area contributed by atoms with Gasteiger partial charge in [0.15, 0.2) is 12.6 Å². The van der Waals surface area contributed by atoms with Gasteiger partial charge in [0, 0.05) is 22.3 Å². The van der Waals surface area contributed by atoms with Gasteiger partial charge in [-0.3, -0.25) is 9.59 Å². The molecule has 0 radical (unpaired) electrons. The van der Waals surface area contributed by atoms with Crippen LogP contribution in [-0.4, -0.2) is 22.8 Å². The Bertz CT molecular complexity index is 649. The summed E-state index contributed by atoms with van der Waals surface area (Å²) in [5.74, 6) is -0.258. The zero-order chi connectivity index (χ0) is 14.9. The molecule has 0 atom stereocenters. The summed E-state index contributed by atoms with van der Waals surface area (Å²) < 4.78 is 1.05. The van der Waals surface area contributed by atoms with Crippen molar-refractivity contribution in [2.24, 2.45) is 0 Å². The van der Waals surface area contributed by atoms with Crippen LogP contribution in [0.25, 0.3) is 11.1 Å². The number of halogens is 2. The lowest BCUT2D eigenvalue weighted by Gasteiger charge is -2.14. The van der Waals surface area contributed by atoms with Crippen LogP contribution in [0.1, 0.15) is 20.7 Å². The molecule has 0 amide bonds. The maximum absolute atomic E-state index is 11.2. The van der Waals surface area contributed by atoms with Gasteiger partial charge in [-0.25, -0.2) is 0 Å². The van der Waals surface area contributed by atoms with Crippen molar-refractivity contribution in [3.63, 3.8) is 0 Å². The van der Waals surface area contributed by atoms with Gasteiger partial charge in [-0.15, -0.1) is 0 Å². The van der Waals surface area contributed by atoms with E-state index in [0.717, 1.165) is 0 Å². The molecule has 0 unspecified atom stereocenters. The molecule has 6 heteroatoms. The van der Waals surface area contributed by atoms with Crippen LogP contribution in [0.4, 0.5) is 0 Å². The third-order valence-electron chi connectivity index (χ3n) is 2.83. The summed E-state index contributed by atoms with van der Waals surface area (Å²) in [4.78, 5) is 22.3. The summed E-state index contributed by atoms with van der Waals surface area (Å²) in [5.41, 5.74) is 0.765. The Labute approximate surface area is 142 Å². The number of phenols is 2. The summed E-state index contributed by atoms with van der Waals surface area (Å²) >= 11 is 3.83. The molecule has 0 aliphatic carbocycles. The van der Waals surface area contributed by atoms with E-state index in [0.29, 0.717) is 19.7 Å². The monoisotopic (exact) mass is 494 g/mol. The van der Waals surface area contributed by atoms with Crippen LogP contribution in [0.5, 0.6) is 11.5 Å². The molecule has 0 spiro atoms. The molecule has 0 aromatic heterocycles. The minimum Gasteiger partial charge on any atom is -0.506 e. The van der Waals surface area contributed by atoms with Gasteiger partial charge in [0.05, 0.1) is 7.14 Å². The Hall–Kier alpha value is -1.16. The highest BCUT2D eigenvalue weighted by Crippen LogP contribution is 2.43. The molecule has 2 aromatic carbocycles. The summed E-state index contributed by atoms with van der Waals surface area (Å²) in [5, 5.41) is 20.4. The first-order chi connectivity index (χ1) is 9.51. The minimum atomic E-state index is -0.129. The molecule has 0 bridgehead atoms. The number of carbonyl (C=O) groups is 2. The molecule has 102 valence electrons. The predicted molar refractivity (Wildman–Crippen MR) is 91.4 cm³/mol. The van der Waals surface area contributed by atoms with E-state index in [1.807, 2.05) is 45.2 Å². The standard InChI is InChI=1S/C14H8I2O4/c15-9-3-1-7(5-17)11(13(9)19)12-8(6-18)2-4-10(16)14(12)20/h1-6,19-20H. The van der Waals surface area contributed by atoms with Crippen molar-refractivity contribution in [2.45, 2.75) is 0 Å². The molecule has 0 aliphatic heterocycles. The third kappa shape index (κ3) is 2.53. The van der Waals surface area contributed by atoms with Crippen LogP contribution < -0.4 is 0 Å². The van der Waals surface area contributed by atoms with Crippen molar-refractivity contribution >= 4 is 57.8 Å². The minimum absolute atomic E-state index is 0.129. The van der Waals surface area contributed by atoms with Crippen LogP contribution >= 0.6 is 45.2 Å². The normalized spacial score (nSPS) is 10.3. The second-order valence-electron chi connectivity index (χ2n) is 3.96. The van der Waals surface area contributed by atoms with Gasteiger partial charge >= 0.3 is 0 Å². The molecule has 0 aliphatic rings. The van der Waals surface area contributed by atoms with E-state index in [4.69, 9.17) is 0 Å². The Morgan fingerprint density at radius 2 is 1.10 bits per heavy atom. The number of benzene rings is 2. The summed E-state index contributed by atoms with van der Waals surface area (Å²) in [6, 6.07) is 6.26. The van der Waals surface area contributed by atoms with Crippen LogP contribution in [0.15, 0.2) is 24.3 Å². The lowest BCUT2D eigenvalue weighted by molar-refractivity contribution is 0.111. The van der Waals surface area contributed by atoms with Gasteiger partial charge in [0.2, 0.25) is 0 Å². The predicted octanol–water partition coefficient (Wildman–Crippen LogP) is 3.60. The van der Waals surface area contributed by atoms with Gasteiger partial charge < -0.3 is 10.2 Å². The number of phenolic OH excluding ortho intramolecular Hbond substituents is 2. The highest BCUT2D eigenvalue weighted by atomic mass is 127. The third-order valence-corrected chi connectivity index (χ3v) is 4.57. The van der Waals surface area contributed by atoms with Gasteiger partial charge in [-0.2, -0.15) is 0 Å². The molecule has 0 saturated carbocycles. The van der Waals surface area contributed by atoms with E-state index >= 15 is 0 Å². The smallest absolute Gasteiger partial charge is 0.150 e. The first kappa shape index (κ1) is 15.2. The lowest BCUT2D eigenvalue weighted by atomic mass is 9.94. The van der Waals surface area contributed by atoms with Gasteiger partial charge in [0.25, 0.3) is 0 Å². The Morgan fingerprint density at radius 3 is 1.40 bits per heavy atom. The number of rotatable bonds is 3. The van der Waals surface area contributed by atoms with Gasteiger partial charge in [0.1, 0.15) is 11.5 Å². The average Bonchev–Trinajstić information content (AvgIpc) is 2.45. The van der Waals surface area contributed by atoms with E-state index in [9.17, 15) is 19.8 Å². The number of carbonyl (C=O) groups excluding carboxylic acids is 2. The second kappa shape index (κ2) is 6.08. The quantitative estimate of drug-likeness (QED) is 0.506. The molecule has 0 fully saturated rings. The zero-order valence-electron chi connectivity index (χ0n) is 9.93. The molecule has 2 aromatic rings. The molecule has 0 heterocycles. The molecule has 20 heavy (non-hydrogen) atoms. The Balaban J connectivity index is 2.94. The van der Waals surface area contributed by atoms with Crippen molar-refractivity contribution in [3.8, 4) is 22.6 Å². The number of hydrogen-bond donors (Lipinski definition) is 2. The summed E-state index contributed by atoms with van der Waals surface area (Å²) in [6.07, 6.45) is 1.16. The van der Waals surface area contributed by atoms with Crippen molar-refractivity contribution in [1.29, 1.82) is 0 Å². The topological polar surface area (TPSA) is 74.6 Å². The van der Waals surface area contributed by atoms with E-state index in [1.54, 1.807) is 12.1 Å². The van der Waals surface area contributed by atoms with Crippen LogP contribution in [0.2, 0.25) is 0 Å². The fourth-order valence-electron chi connectivity index (χ4n) is 1.88. The first-order valence-corrected chi connectivity index (χ1v) is 7.60. The fraction of sp³-hybridized carbons (Fsp3) is 0. The van der Waals surface area contributed by atoms with Crippen LogP contribution in [0, 0.1) is 7.14 Å². The fourth-order valence-corrected chi connectivity index (χ4v) is 2.78. The van der Waals surface area contributed by atoms with Gasteiger partial charge in [-0.05, 0) is 69.4 Å². The highest BCUT2D eigenvalue weighted by molar-refractivity contribution is 14.1.